The minimum absolute atomic E-state index is 0.0188. The maximum absolute atomic E-state index is 11.8. The van der Waals surface area contributed by atoms with Crippen LogP contribution in [-0.4, -0.2) is 30.6 Å². The Kier molecular flexibility index (Phi) is 3.99. The predicted molar refractivity (Wildman–Crippen MR) is 70.4 cm³/mol. The van der Waals surface area contributed by atoms with Gasteiger partial charge in [-0.2, -0.15) is 0 Å². The smallest absolute Gasteiger partial charge is 0.246 e. The molecule has 0 aliphatic carbocycles. The number of phenolic OH excluding ortho intramolecular Hbond substituents is 1. The summed E-state index contributed by atoms with van der Waals surface area (Å²) in [4.78, 5) is 11.8. The number of carbonyl (C=O) groups excluding carboxylic acids is 1. The van der Waals surface area contributed by atoms with Crippen LogP contribution in [0.4, 0.5) is 0 Å². The molecule has 96 valence electrons. The molecular weight excluding hydrogens is 228 g/mol. The molecule has 1 aliphatic heterocycles. The highest BCUT2D eigenvalue weighted by molar-refractivity contribution is 5.93. The van der Waals surface area contributed by atoms with E-state index in [1.807, 2.05) is 19.1 Å². The van der Waals surface area contributed by atoms with Crippen LogP contribution in [0.25, 0.3) is 0 Å². The lowest BCUT2D eigenvalue weighted by molar-refractivity contribution is -0.117. The number of hydrogen-bond donors (Lipinski definition) is 3. The topological polar surface area (TPSA) is 61.4 Å². The van der Waals surface area contributed by atoms with Gasteiger partial charge in [0.05, 0.1) is 0 Å². The normalized spacial score (nSPS) is 13.9. The molecule has 0 radical (unpaired) electrons. The molecule has 2 rings (SSSR count). The molecule has 18 heavy (non-hydrogen) atoms. The van der Waals surface area contributed by atoms with Crippen LogP contribution in [0, 0.1) is 0 Å². The van der Waals surface area contributed by atoms with Gasteiger partial charge in [-0.05, 0) is 36.6 Å². The summed E-state index contributed by atoms with van der Waals surface area (Å²) in [7, 11) is 0. The molecule has 0 aromatic heterocycles. The van der Waals surface area contributed by atoms with Crippen molar-refractivity contribution >= 4 is 5.91 Å². The van der Waals surface area contributed by atoms with E-state index in [0.29, 0.717) is 6.54 Å². The first-order valence-electron chi connectivity index (χ1n) is 6.12. The zero-order valence-corrected chi connectivity index (χ0v) is 10.5. The maximum Gasteiger partial charge on any atom is 0.246 e. The molecule has 0 spiro atoms. The molecule has 1 heterocycles. The second-order valence-electron chi connectivity index (χ2n) is 4.50. The Balaban J connectivity index is 1.78. The summed E-state index contributed by atoms with van der Waals surface area (Å²) in [6, 6.07) is 7.04. The first-order chi connectivity index (χ1) is 8.66. The van der Waals surface area contributed by atoms with Crippen LogP contribution in [0.3, 0.4) is 0 Å². The highest BCUT2D eigenvalue weighted by Gasteiger charge is 2.15. The van der Waals surface area contributed by atoms with Crippen LogP contribution in [0.5, 0.6) is 5.75 Å². The highest BCUT2D eigenvalue weighted by Crippen LogP contribution is 2.10. The van der Waals surface area contributed by atoms with E-state index in [1.165, 1.54) is 5.57 Å². The van der Waals surface area contributed by atoms with Crippen molar-refractivity contribution in [3.05, 3.63) is 41.0 Å². The molecule has 1 amide bonds. The van der Waals surface area contributed by atoms with Gasteiger partial charge in [0, 0.05) is 25.2 Å². The number of amides is 1. The van der Waals surface area contributed by atoms with E-state index >= 15 is 0 Å². The Morgan fingerprint density at radius 3 is 2.56 bits per heavy atom. The quantitative estimate of drug-likeness (QED) is 0.694. The lowest BCUT2D eigenvalue weighted by atomic mass is 10.0. The van der Waals surface area contributed by atoms with Gasteiger partial charge >= 0.3 is 0 Å². The van der Waals surface area contributed by atoms with Gasteiger partial charge in [-0.25, -0.2) is 0 Å². The van der Waals surface area contributed by atoms with E-state index in [9.17, 15) is 4.79 Å². The summed E-state index contributed by atoms with van der Waals surface area (Å²) in [5.74, 6) is 0.283. The molecular formula is C14H18N2O2. The summed E-state index contributed by atoms with van der Waals surface area (Å²) in [6.45, 7) is 4.14. The van der Waals surface area contributed by atoms with E-state index in [0.717, 1.165) is 30.6 Å². The lowest BCUT2D eigenvalue weighted by Crippen LogP contribution is -2.38. The van der Waals surface area contributed by atoms with Crippen molar-refractivity contribution in [3.8, 4) is 5.75 Å². The third kappa shape index (κ3) is 3.11. The molecule has 0 saturated carbocycles. The largest absolute Gasteiger partial charge is 0.508 e. The van der Waals surface area contributed by atoms with Crippen LogP contribution in [0.2, 0.25) is 0 Å². The standard InChI is InChI=1S/C14H18N2O2/c1-10(12-8-15-9-12)14(18)16-7-6-11-2-4-13(17)5-3-11/h2-5,15,17H,6-9H2,1H3,(H,16,18). The van der Waals surface area contributed by atoms with E-state index in [4.69, 9.17) is 5.11 Å². The number of carbonyl (C=O) groups is 1. The Morgan fingerprint density at radius 1 is 1.33 bits per heavy atom. The molecule has 1 aromatic carbocycles. The van der Waals surface area contributed by atoms with Crippen molar-refractivity contribution in [2.75, 3.05) is 19.6 Å². The Hall–Kier alpha value is -1.81. The Bertz CT molecular complexity index is 457. The fourth-order valence-electron chi connectivity index (χ4n) is 1.79. The fourth-order valence-corrected chi connectivity index (χ4v) is 1.79. The first kappa shape index (κ1) is 12.6. The summed E-state index contributed by atoms with van der Waals surface area (Å²) in [6.07, 6.45) is 0.771. The monoisotopic (exact) mass is 246 g/mol. The van der Waals surface area contributed by atoms with Crippen molar-refractivity contribution in [1.29, 1.82) is 0 Å². The second-order valence-corrected chi connectivity index (χ2v) is 4.50. The van der Waals surface area contributed by atoms with Gasteiger partial charge in [-0.3, -0.25) is 4.79 Å². The maximum atomic E-state index is 11.8. The van der Waals surface area contributed by atoms with Crippen LogP contribution < -0.4 is 10.6 Å². The zero-order chi connectivity index (χ0) is 13.0. The summed E-state index contributed by atoms with van der Waals surface area (Å²) in [5.41, 5.74) is 3.13. The van der Waals surface area contributed by atoms with Gasteiger partial charge in [0.1, 0.15) is 5.75 Å². The summed E-state index contributed by atoms with van der Waals surface area (Å²) < 4.78 is 0. The highest BCUT2D eigenvalue weighted by atomic mass is 16.3. The van der Waals surface area contributed by atoms with E-state index < -0.39 is 0 Å². The molecule has 1 aliphatic rings. The number of rotatable bonds is 4. The minimum Gasteiger partial charge on any atom is -0.508 e. The molecule has 1 fully saturated rings. The Labute approximate surface area is 107 Å². The summed E-state index contributed by atoms with van der Waals surface area (Å²) >= 11 is 0. The van der Waals surface area contributed by atoms with Crippen LogP contribution >= 0.6 is 0 Å². The first-order valence-corrected chi connectivity index (χ1v) is 6.12. The van der Waals surface area contributed by atoms with Gasteiger partial charge in [0.15, 0.2) is 0 Å². The number of nitrogens with one attached hydrogen (secondary N) is 2. The molecule has 0 atom stereocenters. The molecule has 1 saturated heterocycles. The molecule has 1 aromatic rings. The van der Waals surface area contributed by atoms with Gasteiger partial charge < -0.3 is 15.7 Å². The number of phenols is 1. The fraction of sp³-hybridized carbons (Fsp3) is 0.357. The second kappa shape index (κ2) is 5.69. The number of aromatic hydroxyl groups is 1. The molecule has 0 unspecified atom stereocenters. The van der Waals surface area contributed by atoms with Crippen molar-refractivity contribution < 1.29 is 9.90 Å². The van der Waals surface area contributed by atoms with Crippen LogP contribution in [0.1, 0.15) is 12.5 Å². The molecule has 0 bridgehead atoms. The zero-order valence-electron chi connectivity index (χ0n) is 10.5. The third-order valence-corrected chi connectivity index (χ3v) is 3.18. The van der Waals surface area contributed by atoms with Gasteiger partial charge in [-0.15, -0.1) is 0 Å². The van der Waals surface area contributed by atoms with Gasteiger partial charge in [-0.1, -0.05) is 12.1 Å². The van der Waals surface area contributed by atoms with Crippen molar-refractivity contribution in [3.63, 3.8) is 0 Å². The third-order valence-electron chi connectivity index (χ3n) is 3.18. The average molecular weight is 246 g/mol. The molecule has 4 heteroatoms. The average Bonchev–Trinajstić information content (AvgIpc) is 2.29. The van der Waals surface area contributed by atoms with E-state index in [2.05, 4.69) is 10.6 Å². The van der Waals surface area contributed by atoms with Gasteiger partial charge in [0.2, 0.25) is 5.91 Å². The van der Waals surface area contributed by atoms with Crippen molar-refractivity contribution in [2.24, 2.45) is 0 Å². The van der Waals surface area contributed by atoms with Crippen LogP contribution in [-0.2, 0) is 11.2 Å². The molecule has 4 nitrogen and oxygen atoms in total. The van der Waals surface area contributed by atoms with Crippen LogP contribution in [0.15, 0.2) is 35.4 Å². The SMILES string of the molecule is CC(C(=O)NCCc1ccc(O)cc1)=C1CNC1. The molecule has 3 N–H and O–H groups in total. The lowest BCUT2D eigenvalue weighted by Gasteiger charge is -2.21. The summed E-state index contributed by atoms with van der Waals surface area (Å²) in [5, 5.41) is 15.2. The Morgan fingerprint density at radius 2 is 2.00 bits per heavy atom. The van der Waals surface area contributed by atoms with Crippen molar-refractivity contribution in [1.82, 2.24) is 10.6 Å². The predicted octanol–water partition coefficient (Wildman–Crippen LogP) is 0.971. The van der Waals surface area contributed by atoms with E-state index in [-0.39, 0.29) is 11.7 Å². The van der Waals surface area contributed by atoms with E-state index in [1.54, 1.807) is 12.1 Å². The van der Waals surface area contributed by atoms with Gasteiger partial charge in [0.25, 0.3) is 0 Å². The number of benzene rings is 1. The minimum atomic E-state index is 0.0188. The van der Waals surface area contributed by atoms with Crippen molar-refractivity contribution in [2.45, 2.75) is 13.3 Å². The number of hydrogen-bond acceptors (Lipinski definition) is 3.